The summed E-state index contributed by atoms with van der Waals surface area (Å²) in [5.74, 6) is 0.266. The second kappa shape index (κ2) is 10.5. The van der Waals surface area contributed by atoms with Crippen LogP contribution in [0.1, 0.15) is 5.56 Å². The van der Waals surface area contributed by atoms with Crippen LogP contribution in [0.3, 0.4) is 0 Å². The molecule has 0 saturated heterocycles. The highest BCUT2D eigenvalue weighted by molar-refractivity contribution is 6.31. The van der Waals surface area contributed by atoms with Crippen LogP contribution in [-0.4, -0.2) is 50.0 Å². The van der Waals surface area contributed by atoms with Gasteiger partial charge in [0.05, 0.1) is 13.1 Å². The highest BCUT2D eigenvalue weighted by atomic mass is 35.5. The van der Waals surface area contributed by atoms with E-state index in [1.165, 1.54) is 0 Å². The molecule has 0 atom stereocenters. The molecule has 0 heterocycles. The number of carbonyl (C=O) groups is 2. The third-order valence-electron chi connectivity index (χ3n) is 3.89. The first-order chi connectivity index (χ1) is 13.0. The quantitative estimate of drug-likeness (QED) is 0.691. The predicted molar refractivity (Wildman–Crippen MR) is 107 cm³/mol. The molecule has 2 aromatic carbocycles. The molecule has 0 unspecified atom stereocenters. The van der Waals surface area contributed by atoms with Crippen molar-refractivity contribution >= 4 is 29.1 Å². The lowest BCUT2D eigenvalue weighted by Crippen LogP contribution is -2.40. The molecule has 7 heteroatoms. The van der Waals surface area contributed by atoms with Gasteiger partial charge in [-0.25, -0.2) is 0 Å². The number of nitrogens with one attached hydrogen (secondary N) is 2. The van der Waals surface area contributed by atoms with E-state index >= 15 is 0 Å². The lowest BCUT2D eigenvalue weighted by atomic mass is 10.2. The van der Waals surface area contributed by atoms with Crippen molar-refractivity contribution in [2.75, 3.05) is 38.6 Å². The highest BCUT2D eigenvalue weighted by Crippen LogP contribution is 2.22. The summed E-state index contributed by atoms with van der Waals surface area (Å²) in [6.45, 7) is 2.97. The average Bonchev–Trinajstić information content (AvgIpc) is 2.65. The Kier molecular flexibility index (Phi) is 8.10. The van der Waals surface area contributed by atoms with Gasteiger partial charge in [0.2, 0.25) is 11.8 Å². The molecule has 6 nitrogen and oxygen atoms in total. The van der Waals surface area contributed by atoms with E-state index < -0.39 is 0 Å². The number of ether oxygens (including phenoxy) is 1. The summed E-state index contributed by atoms with van der Waals surface area (Å²) < 4.78 is 5.60. The number of likely N-dealkylation sites (N-methyl/N-ethyl adjacent to an activating group) is 1. The van der Waals surface area contributed by atoms with Crippen molar-refractivity contribution in [2.24, 2.45) is 0 Å². The van der Waals surface area contributed by atoms with Gasteiger partial charge in [0.25, 0.3) is 0 Å². The Labute approximate surface area is 164 Å². The van der Waals surface area contributed by atoms with E-state index in [4.69, 9.17) is 16.3 Å². The molecule has 0 radical (unpaired) electrons. The Morgan fingerprint density at radius 3 is 2.56 bits per heavy atom. The van der Waals surface area contributed by atoms with Gasteiger partial charge in [-0.3, -0.25) is 14.5 Å². The summed E-state index contributed by atoms with van der Waals surface area (Å²) in [4.78, 5) is 25.8. The van der Waals surface area contributed by atoms with Crippen molar-refractivity contribution in [1.82, 2.24) is 10.2 Å². The summed E-state index contributed by atoms with van der Waals surface area (Å²) in [6, 6.07) is 14.8. The maximum atomic E-state index is 12.0. The van der Waals surface area contributed by atoms with Gasteiger partial charge in [-0.2, -0.15) is 0 Å². The van der Waals surface area contributed by atoms with E-state index in [1.807, 2.05) is 49.2 Å². The molecule has 2 N–H and O–H groups in total. The lowest BCUT2D eigenvalue weighted by Gasteiger charge is -2.16. The van der Waals surface area contributed by atoms with E-state index in [-0.39, 0.29) is 24.9 Å². The van der Waals surface area contributed by atoms with E-state index in [9.17, 15) is 9.59 Å². The molecule has 0 aliphatic carbocycles. The molecule has 27 heavy (non-hydrogen) atoms. The largest absolute Gasteiger partial charge is 0.492 e. The molecule has 144 valence electrons. The molecule has 0 aromatic heterocycles. The number of rotatable bonds is 9. The van der Waals surface area contributed by atoms with Crippen LogP contribution >= 0.6 is 11.6 Å². The molecule has 0 spiro atoms. The van der Waals surface area contributed by atoms with Gasteiger partial charge in [-0.15, -0.1) is 0 Å². The molecule has 2 rings (SSSR count). The number of amides is 2. The summed E-state index contributed by atoms with van der Waals surface area (Å²) >= 11 is 6.03. The van der Waals surface area contributed by atoms with E-state index in [2.05, 4.69) is 10.6 Å². The van der Waals surface area contributed by atoms with Gasteiger partial charge < -0.3 is 15.4 Å². The molecule has 0 aliphatic heterocycles. The Balaban J connectivity index is 1.66. The summed E-state index contributed by atoms with van der Waals surface area (Å²) in [5.41, 5.74) is 1.42. The third kappa shape index (κ3) is 7.29. The molecule has 0 bridgehead atoms. The Morgan fingerprint density at radius 2 is 1.81 bits per heavy atom. The monoisotopic (exact) mass is 389 g/mol. The number of benzene rings is 2. The van der Waals surface area contributed by atoms with Gasteiger partial charge in [-0.05, 0) is 43.8 Å². The fourth-order valence-corrected chi connectivity index (χ4v) is 2.51. The minimum Gasteiger partial charge on any atom is -0.492 e. The summed E-state index contributed by atoms with van der Waals surface area (Å²) in [5, 5.41) is 5.93. The summed E-state index contributed by atoms with van der Waals surface area (Å²) in [6.07, 6.45) is 0. The van der Waals surface area contributed by atoms with Crippen molar-refractivity contribution in [3.63, 3.8) is 0 Å². The zero-order chi connectivity index (χ0) is 19.6. The minimum atomic E-state index is -0.302. The summed E-state index contributed by atoms with van der Waals surface area (Å²) in [7, 11) is 1.82. The second-order valence-electron chi connectivity index (χ2n) is 6.14. The van der Waals surface area contributed by atoms with Crippen molar-refractivity contribution in [3.8, 4) is 5.75 Å². The zero-order valence-electron chi connectivity index (χ0n) is 15.5. The van der Waals surface area contributed by atoms with Gasteiger partial charge >= 0.3 is 0 Å². The SMILES string of the molecule is Cc1c(Cl)cccc1NC(=O)CNC(=O)CN(C)CCOc1ccccc1. The Bertz CT molecular complexity index is 768. The molecule has 2 aromatic rings. The first kappa shape index (κ1) is 20.7. The van der Waals surface area contributed by atoms with Gasteiger partial charge in [0, 0.05) is 17.3 Å². The standard InChI is InChI=1S/C20H24ClN3O3/c1-15-17(21)9-6-10-18(15)23-19(25)13-22-20(26)14-24(2)11-12-27-16-7-4-3-5-8-16/h3-10H,11-14H2,1-2H3,(H,22,26)(H,23,25). The smallest absolute Gasteiger partial charge is 0.243 e. The van der Waals surface area contributed by atoms with Crippen LogP contribution in [0.15, 0.2) is 48.5 Å². The molecule has 2 amide bonds. The van der Waals surface area contributed by atoms with Crippen molar-refractivity contribution < 1.29 is 14.3 Å². The normalized spacial score (nSPS) is 10.5. The number of hydrogen-bond acceptors (Lipinski definition) is 4. The number of para-hydroxylation sites is 1. The first-order valence-electron chi connectivity index (χ1n) is 8.64. The first-order valence-corrected chi connectivity index (χ1v) is 9.01. The topological polar surface area (TPSA) is 70.7 Å². The van der Waals surface area contributed by atoms with Gasteiger partial charge in [0.1, 0.15) is 12.4 Å². The number of nitrogens with zero attached hydrogens (tertiary/aromatic N) is 1. The van der Waals surface area contributed by atoms with Gasteiger partial charge in [-0.1, -0.05) is 35.9 Å². The molecule has 0 fully saturated rings. The third-order valence-corrected chi connectivity index (χ3v) is 4.30. The van der Waals surface area contributed by atoms with Crippen LogP contribution < -0.4 is 15.4 Å². The molecule has 0 aliphatic rings. The highest BCUT2D eigenvalue weighted by Gasteiger charge is 2.10. The van der Waals surface area contributed by atoms with Gasteiger partial charge in [0.15, 0.2) is 0 Å². The van der Waals surface area contributed by atoms with Crippen LogP contribution in [-0.2, 0) is 9.59 Å². The molecule has 0 saturated carbocycles. The number of anilines is 1. The van der Waals surface area contributed by atoms with E-state index in [0.717, 1.165) is 11.3 Å². The average molecular weight is 390 g/mol. The fraction of sp³-hybridized carbons (Fsp3) is 0.300. The predicted octanol–water partition coefficient (Wildman–Crippen LogP) is 2.71. The fourth-order valence-electron chi connectivity index (χ4n) is 2.33. The van der Waals surface area contributed by atoms with E-state index in [0.29, 0.717) is 23.9 Å². The van der Waals surface area contributed by atoms with Crippen molar-refractivity contribution in [3.05, 3.63) is 59.1 Å². The Morgan fingerprint density at radius 1 is 1.07 bits per heavy atom. The van der Waals surface area contributed by atoms with Crippen LogP contribution in [0.5, 0.6) is 5.75 Å². The van der Waals surface area contributed by atoms with E-state index in [1.54, 1.807) is 18.2 Å². The van der Waals surface area contributed by atoms with Crippen LogP contribution in [0.2, 0.25) is 5.02 Å². The number of halogens is 1. The van der Waals surface area contributed by atoms with Crippen LogP contribution in [0.4, 0.5) is 5.69 Å². The zero-order valence-corrected chi connectivity index (χ0v) is 16.3. The van der Waals surface area contributed by atoms with Crippen LogP contribution in [0.25, 0.3) is 0 Å². The molecular weight excluding hydrogens is 366 g/mol. The maximum Gasteiger partial charge on any atom is 0.243 e. The van der Waals surface area contributed by atoms with Crippen LogP contribution in [0, 0.1) is 6.92 Å². The lowest BCUT2D eigenvalue weighted by molar-refractivity contribution is -0.124. The second-order valence-corrected chi connectivity index (χ2v) is 6.54. The Hall–Kier alpha value is -2.57. The number of hydrogen-bond donors (Lipinski definition) is 2. The molecular formula is C20H24ClN3O3. The minimum absolute atomic E-state index is 0.0981. The maximum absolute atomic E-state index is 12.0. The van der Waals surface area contributed by atoms with Crippen molar-refractivity contribution in [2.45, 2.75) is 6.92 Å². The van der Waals surface area contributed by atoms with Crippen molar-refractivity contribution in [1.29, 1.82) is 0 Å². The number of carbonyl (C=O) groups excluding carboxylic acids is 2.